The van der Waals surface area contributed by atoms with E-state index >= 15 is 0 Å². The van der Waals surface area contributed by atoms with E-state index in [0.717, 1.165) is 38.5 Å². The fraction of sp³-hybridized carbons (Fsp3) is 0.935. The van der Waals surface area contributed by atoms with E-state index < -0.39 is 6.10 Å². The van der Waals surface area contributed by atoms with E-state index in [1.165, 1.54) is 77.0 Å². The normalized spacial score (nSPS) is 23.0. The summed E-state index contributed by atoms with van der Waals surface area (Å²) in [4.78, 5) is 24.1. The van der Waals surface area contributed by atoms with Gasteiger partial charge in [-0.05, 0) is 45.4 Å². The molecule has 2 fully saturated rings. The van der Waals surface area contributed by atoms with Crippen LogP contribution in [-0.2, 0) is 28.5 Å². The molecule has 0 saturated carbocycles. The van der Waals surface area contributed by atoms with Crippen LogP contribution >= 0.6 is 0 Å². The van der Waals surface area contributed by atoms with E-state index in [2.05, 4.69) is 13.8 Å². The number of unbranched alkanes of at least 4 members (excludes halogenated alkanes) is 10. The van der Waals surface area contributed by atoms with Gasteiger partial charge in [0, 0.05) is 12.8 Å². The molecule has 0 aromatic rings. The molecule has 2 rings (SSSR count). The third-order valence-corrected chi connectivity index (χ3v) is 7.61. The summed E-state index contributed by atoms with van der Waals surface area (Å²) >= 11 is 0. The zero-order chi connectivity index (χ0) is 26.7. The van der Waals surface area contributed by atoms with Crippen LogP contribution in [0.15, 0.2) is 0 Å². The van der Waals surface area contributed by atoms with Gasteiger partial charge in [-0.25, -0.2) is 0 Å². The number of rotatable bonds is 25. The number of hydrogen-bond donors (Lipinski definition) is 0. The van der Waals surface area contributed by atoms with E-state index in [9.17, 15) is 9.59 Å². The Balaban J connectivity index is 1.36. The van der Waals surface area contributed by atoms with Crippen molar-refractivity contribution in [3.63, 3.8) is 0 Å². The lowest BCUT2D eigenvalue weighted by Crippen LogP contribution is -2.22. The van der Waals surface area contributed by atoms with Gasteiger partial charge in [0.2, 0.25) is 0 Å². The van der Waals surface area contributed by atoms with Gasteiger partial charge in [-0.3, -0.25) is 9.59 Å². The van der Waals surface area contributed by atoms with Crippen molar-refractivity contribution in [2.75, 3.05) is 6.61 Å². The SMILES string of the molecule is CCCCCCCCC1OC1CCCC(=O)OCC(C)OC(=O)CCCC1OC1CCCCCCCC. The van der Waals surface area contributed by atoms with Crippen LogP contribution in [0, 0.1) is 0 Å². The number of epoxide rings is 2. The molecule has 216 valence electrons. The highest BCUT2D eigenvalue weighted by Crippen LogP contribution is 2.32. The van der Waals surface area contributed by atoms with Crippen LogP contribution in [0.4, 0.5) is 0 Å². The molecule has 2 heterocycles. The first-order valence-corrected chi connectivity index (χ1v) is 15.7. The molecule has 0 aliphatic carbocycles. The Bertz CT molecular complexity index is 609. The molecule has 0 radical (unpaired) electrons. The average Bonchev–Trinajstić information content (AvgIpc) is 3.80. The lowest BCUT2D eigenvalue weighted by molar-refractivity contribution is -0.158. The van der Waals surface area contributed by atoms with Crippen LogP contribution < -0.4 is 0 Å². The van der Waals surface area contributed by atoms with Crippen molar-refractivity contribution in [3.05, 3.63) is 0 Å². The topological polar surface area (TPSA) is 77.7 Å². The molecule has 0 amide bonds. The van der Waals surface area contributed by atoms with Crippen molar-refractivity contribution < 1.29 is 28.5 Å². The van der Waals surface area contributed by atoms with Crippen LogP contribution in [-0.4, -0.2) is 49.1 Å². The molecule has 5 unspecified atom stereocenters. The molecule has 0 bridgehead atoms. The predicted molar refractivity (Wildman–Crippen MR) is 148 cm³/mol. The molecular formula is C31H56O6. The molecule has 0 spiro atoms. The molecule has 6 nitrogen and oxygen atoms in total. The highest BCUT2D eigenvalue weighted by Gasteiger charge is 2.38. The molecule has 5 atom stereocenters. The Kier molecular flexibility index (Phi) is 17.2. The molecular weight excluding hydrogens is 468 g/mol. The van der Waals surface area contributed by atoms with Gasteiger partial charge in [0.05, 0.1) is 24.4 Å². The lowest BCUT2D eigenvalue weighted by atomic mass is 10.1. The average molecular weight is 525 g/mol. The maximum absolute atomic E-state index is 12.1. The molecule has 0 N–H and O–H groups in total. The van der Waals surface area contributed by atoms with Crippen LogP contribution in [0.25, 0.3) is 0 Å². The van der Waals surface area contributed by atoms with Crippen molar-refractivity contribution in [1.82, 2.24) is 0 Å². The maximum atomic E-state index is 12.1. The van der Waals surface area contributed by atoms with Gasteiger partial charge >= 0.3 is 11.9 Å². The first-order chi connectivity index (χ1) is 18.0. The van der Waals surface area contributed by atoms with Crippen LogP contribution in [0.5, 0.6) is 0 Å². The Labute approximate surface area is 226 Å². The lowest BCUT2D eigenvalue weighted by Gasteiger charge is -2.13. The van der Waals surface area contributed by atoms with Crippen LogP contribution in [0.1, 0.15) is 149 Å². The Morgan fingerprint density at radius 1 is 0.595 bits per heavy atom. The number of carbonyl (C=O) groups excluding carboxylic acids is 2. The number of ether oxygens (including phenoxy) is 4. The van der Waals surface area contributed by atoms with E-state index in [1.54, 1.807) is 6.92 Å². The van der Waals surface area contributed by atoms with Crippen LogP contribution in [0.3, 0.4) is 0 Å². The highest BCUT2D eigenvalue weighted by atomic mass is 16.6. The van der Waals surface area contributed by atoms with Gasteiger partial charge in [-0.15, -0.1) is 0 Å². The quantitative estimate of drug-likeness (QED) is 0.0688. The van der Waals surface area contributed by atoms with Crippen molar-refractivity contribution in [2.45, 2.75) is 180 Å². The molecule has 0 aromatic carbocycles. The number of esters is 2. The molecule has 2 aliphatic heterocycles. The van der Waals surface area contributed by atoms with Gasteiger partial charge in [-0.1, -0.05) is 90.9 Å². The van der Waals surface area contributed by atoms with E-state index in [-0.39, 0.29) is 18.5 Å². The summed E-state index contributed by atoms with van der Waals surface area (Å²) in [6.07, 6.45) is 23.3. The first-order valence-electron chi connectivity index (χ1n) is 15.7. The van der Waals surface area contributed by atoms with E-state index in [1.807, 2.05) is 0 Å². The Hall–Kier alpha value is -1.14. The first kappa shape index (κ1) is 32.1. The third kappa shape index (κ3) is 16.4. The van der Waals surface area contributed by atoms with Crippen LogP contribution in [0.2, 0.25) is 0 Å². The minimum atomic E-state index is -0.414. The number of carbonyl (C=O) groups is 2. The highest BCUT2D eigenvalue weighted by molar-refractivity contribution is 5.70. The fourth-order valence-electron chi connectivity index (χ4n) is 5.12. The van der Waals surface area contributed by atoms with Gasteiger partial charge in [0.15, 0.2) is 0 Å². The summed E-state index contributed by atoms with van der Waals surface area (Å²) in [5.74, 6) is -0.447. The second kappa shape index (κ2) is 19.9. The summed E-state index contributed by atoms with van der Waals surface area (Å²) in [6, 6.07) is 0. The molecule has 6 heteroatoms. The monoisotopic (exact) mass is 524 g/mol. The van der Waals surface area contributed by atoms with Crippen molar-refractivity contribution in [2.24, 2.45) is 0 Å². The zero-order valence-corrected chi connectivity index (χ0v) is 24.2. The largest absolute Gasteiger partial charge is 0.462 e. The molecule has 2 aliphatic rings. The van der Waals surface area contributed by atoms with Crippen molar-refractivity contribution in [1.29, 1.82) is 0 Å². The van der Waals surface area contributed by atoms with Crippen molar-refractivity contribution in [3.8, 4) is 0 Å². The minimum absolute atomic E-state index is 0.122. The minimum Gasteiger partial charge on any atom is -0.462 e. The van der Waals surface area contributed by atoms with Crippen molar-refractivity contribution >= 4 is 11.9 Å². The van der Waals surface area contributed by atoms with E-state index in [0.29, 0.717) is 37.3 Å². The van der Waals surface area contributed by atoms with Gasteiger partial charge in [-0.2, -0.15) is 0 Å². The van der Waals surface area contributed by atoms with Gasteiger partial charge < -0.3 is 18.9 Å². The van der Waals surface area contributed by atoms with Gasteiger partial charge in [0.1, 0.15) is 12.7 Å². The summed E-state index contributed by atoms with van der Waals surface area (Å²) in [7, 11) is 0. The molecule has 37 heavy (non-hydrogen) atoms. The fourth-order valence-corrected chi connectivity index (χ4v) is 5.12. The Morgan fingerprint density at radius 2 is 1.00 bits per heavy atom. The summed E-state index contributed by atoms with van der Waals surface area (Å²) < 4.78 is 22.2. The summed E-state index contributed by atoms with van der Waals surface area (Å²) in [5.41, 5.74) is 0. The Morgan fingerprint density at radius 3 is 1.49 bits per heavy atom. The summed E-state index contributed by atoms with van der Waals surface area (Å²) in [6.45, 7) is 6.38. The third-order valence-electron chi connectivity index (χ3n) is 7.61. The standard InChI is InChI=1S/C31H56O6/c1-4-6-8-10-12-14-18-26-28(36-26)20-16-22-30(32)34-24-25(3)35-31(33)23-17-21-29-27(37-29)19-15-13-11-9-7-5-2/h25-29H,4-24H2,1-3H3. The predicted octanol–water partition coefficient (Wildman–Crippen LogP) is 7.84. The zero-order valence-electron chi connectivity index (χ0n) is 24.2. The second-order valence-corrected chi connectivity index (χ2v) is 11.3. The second-order valence-electron chi connectivity index (χ2n) is 11.3. The summed E-state index contributed by atoms with van der Waals surface area (Å²) in [5, 5.41) is 0. The molecule has 0 aromatic heterocycles. The maximum Gasteiger partial charge on any atom is 0.306 e. The van der Waals surface area contributed by atoms with Gasteiger partial charge in [0.25, 0.3) is 0 Å². The smallest absolute Gasteiger partial charge is 0.306 e. The van der Waals surface area contributed by atoms with E-state index in [4.69, 9.17) is 18.9 Å². The molecule has 2 saturated heterocycles. The number of hydrogen-bond acceptors (Lipinski definition) is 6.